The van der Waals surface area contributed by atoms with E-state index in [0.717, 1.165) is 0 Å². The van der Waals surface area contributed by atoms with Crippen LogP contribution in [0, 0.1) is 0 Å². The van der Waals surface area contributed by atoms with Gasteiger partial charge in [0.15, 0.2) is 15.0 Å². The number of thiazole rings is 1. The maximum absolute atomic E-state index is 12.5. The molecule has 0 aliphatic carbocycles. The number of anilines is 1. The van der Waals surface area contributed by atoms with Crippen LogP contribution in [-0.4, -0.2) is 29.5 Å². The van der Waals surface area contributed by atoms with E-state index in [9.17, 15) is 13.2 Å². The highest BCUT2D eigenvalue weighted by Gasteiger charge is 2.20. The molecule has 0 aliphatic heterocycles. The van der Waals surface area contributed by atoms with Crippen LogP contribution in [0.1, 0.15) is 24.2 Å². The molecule has 0 radical (unpaired) electrons. The van der Waals surface area contributed by atoms with Gasteiger partial charge in [0.2, 0.25) is 0 Å². The zero-order chi connectivity index (χ0) is 18.7. The Balaban J connectivity index is 1.80. The van der Waals surface area contributed by atoms with Gasteiger partial charge in [0.25, 0.3) is 5.91 Å². The van der Waals surface area contributed by atoms with E-state index in [1.165, 1.54) is 23.5 Å². The number of carbonyl (C=O) groups is 1. The second kappa shape index (κ2) is 7.35. The first-order valence-electron chi connectivity index (χ1n) is 7.90. The molecule has 0 spiro atoms. The lowest BCUT2D eigenvalue weighted by molar-refractivity contribution is 0.102. The molecule has 8 heteroatoms. The molecule has 6 nitrogen and oxygen atoms in total. The first-order valence-corrected chi connectivity index (χ1v) is 10.3. The quantitative estimate of drug-likeness (QED) is 0.722. The first kappa shape index (κ1) is 18.2. The van der Waals surface area contributed by atoms with Crippen molar-refractivity contribution < 1.29 is 13.2 Å². The third-order valence-electron chi connectivity index (χ3n) is 3.70. The van der Waals surface area contributed by atoms with E-state index in [-0.39, 0.29) is 10.5 Å². The fourth-order valence-corrected chi connectivity index (χ4v) is 4.02. The highest BCUT2D eigenvalue weighted by atomic mass is 32.2. The van der Waals surface area contributed by atoms with E-state index >= 15 is 0 Å². The Morgan fingerprint density at radius 1 is 1.12 bits per heavy atom. The average molecular weight is 387 g/mol. The smallest absolute Gasteiger partial charge is 0.257 e. The Morgan fingerprint density at radius 3 is 2.62 bits per heavy atom. The number of benzene rings is 1. The third kappa shape index (κ3) is 3.81. The SMILES string of the molecule is CC(C)S(=O)(=O)c1cccc(C(=O)Nc2nc(-c3ccccn3)cs2)c1. The number of amides is 1. The van der Waals surface area contributed by atoms with Crippen LogP contribution in [0.15, 0.2) is 58.9 Å². The number of carbonyl (C=O) groups excluding carboxylic acids is 1. The van der Waals surface area contributed by atoms with Crippen LogP contribution in [0.25, 0.3) is 11.4 Å². The minimum absolute atomic E-state index is 0.133. The van der Waals surface area contributed by atoms with Crippen molar-refractivity contribution in [2.45, 2.75) is 24.0 Å². The molecule has 0 atom stereocenters. The van der Waals surface area contributed by atoms with E-state index in [0.29, 0.717) is 16.5 Å². The molecule has 3 rings (SSSR count). The molecule has 2 heterocycles. The fraction of sp³-hybridized carbons (Fsp3) is 0.167. The lowest BCUT2D eigenvalue weighted by Crippen LogP contribution is -2.16. The summed E-state index contributed by atoms with van der Waals surface area (Å²) in [7, 11) is -3.44. The molecule has 3 aromatic rings. The summed E-state index contributed by atoms with van der Waals surface area (Å²) in [6, 6.07) is 11.5. The predicted molar refractivity (Wildman–Crippen MR) is 102 cm³/mol. The summed E-state index contributed by atoms with van der Waals surface area (Å²) < 4.78 is 24.6. The van der Waals surface area contributed by atoms with Gasteiger partial charge in [-0.3, -0.25) is 15.1 Å². The molecular formula is C18H17N3O3S2. The van der Waals surface area contributed by atoms with E-state index in [1.54, 1.807) is 37.6 Å². The molecule has 1 aromatic carbocycles. The predicted octanol–water partition coefficient (Wildman–Crippen LogP) is 3.64. The van der Waals surface area contributed by atoms with Crippen LogP contribution in [0.4, 0.5) is 5.13 Å². The van der Waals surface area contributed by atoms with Gasteiger partial charge in [0, 0.05) is 17.1 Å². The highest BCUT2D eigenvalue weighted by molar-refractivity contribution is 7.92. The van der Waals surface area contributed by atoms with E-state index in [1.807, 2.05) is 18.2 Å². The third-order valence-corrected chi connectivity index (χ3v) is 6.61. The summed E-state index contributed by atoms with van der Waals surface area (Å²) in [5.41, 5.74) is 1.65. The summed E-state index contributed by atoms with van der Waals surface area (Å²) in [5, 5.41) is 4.37. The summed E-state index contributed by atoms with van der Waals surface area (Å²) in [6.45, 7) is 3.22. The second-order valence-electron chi connectivity index (χ2n) is 5.83. The topological polar surface area (TPSA) is 89.0 Å². The minimum Gasteiger partial charge on any atom is -0.298 e. The first-order chi connectivity index (χ1) is 12.4. The van der Waals surface area contributed by atoms with Crippen molar-refractivity contribution in [2.24, 2.45) is 0 Å². The van der Waals surface area contributed by atoms with Crippen molar-refractivity contribution in [1.29, 1.82) is 0 Å². The molecular weight excluding hydrogens is 370 g/mol. The fourth-order valence-electron chi connectivity index (χ4n) is 2.22. The standard InChI is InChI=1S/C18H17N3O3S2/c1-12(2)26(23,24)14-7-5-6-13(10-14)17(22)21-18-20-16(11-25-18)15-8-3-4-9-19-15/h3-12H,1-2H3,(H,20,21,22). The Morgan fingerprint density at radius 2 is 1.92 bits per heavy atom. The van der Waals surface area contributed by atoms with Crippen molar-refractivity contribution in [2.75, 3.05) is 5.32 Å². The number of rotatable bonds is 5. The van der Waals surface area contributed by atoms with Crippen molar-refractivity contribution >= 4 is 32.2 Å². The van der Waals surface area contributed by atoms with Gasteiger partial charge in [-0.15, -0.1) is 11.3 Å². The van der Waals surface area contributed by atoms with Crippen LogP contribution in [0.5, 0.6) is 0 Å². The maximum atomic E-state index is 12.5. The molecule has 0 saturated carbocycles. The molecule has 1 amide bonds. The normalized spacial score (nSPS) is 11.5. The Labute approximate surface area is 155 Å². The lowest BCUT2D eigenvalue weighted by Gasteiger charge is -2.09. The molecule has 134 valence electrons. The zero-order valence-corrected chi connectivity index (χ0v) is 15.8. The molecule has 2 aromatic heterocycles. The van der Waals surface area contributed by atoms with E-state index in [2.05, 4.69) is 15.3 Å². The monoisotopic (exact) mass is 387 g/mol. The maximum Gasteiger partial charge on any atom is 0.257 e. The van der Waals surface area contributed by atoms with Crippen LogP contribution in [0.2, 0.25) is 0 Å². The lowest BCUT2D eigenvalue weighted by atomic mass is 10.2. The van der Waals surface area contributed by atoms with Gasteiger partial charge in [0.05, 0.1) is 15.8 Å². The van der Waals surface area contributed by atoms with Crippen molar-refractivity contribution in [3.8, 4) is 11.4 Å². The number of hydrogen-bond donors (Lipinski definition) is 1. The summed E-state index contributed by atoms with van der Waals surface area (Å²) >= 11 is 1.28. The summed E-state index contributed by atoms with van der Waals surface area (Å²) in [5.74, 6) is -0.410. The Hall–Kier alpha value is -2.58. The molecule has 0 aliphatic rings. The minimum atomic E-state index is -3.44. The molecule has 0 bridgehead atoms. The Bertz CT molecular complexity index is 1030. The number of hydrogen-bond acceptors (Lipinski definition) is 6. The van der Waals surface area contributed by atoms with Crippen molar-refractivity contribution in [1.82, 2.24) is 9.97 Å². The Kier molecular flexibility index (Phi) is 5.15. The van der Waals surface area contributed by atoms with Gasteiger partial charge in [-0.2, -0.15) is 0 Å². The van der Waals surface area contributed by atoms with E-state index < -0.39 is 21.0 Å². The van der Waals surface area contributed by atoms with Gasteiger partial charge in [-0.1, -0.05) is 12.1 Å². The molecule has 0 fully saturated rings. The van der Waals surface area contributed by atoms with Gasteiger partial charge in [-0.25, -0.2) is 13.4 Å². The number of pyridine rings is 1. The van der Waals surface area contributed by atoms with Gasteiger partial charge in [0.1, 0.15) is 5.69 Å². The van der Waals surface area contributed by atoms with Gasteiger partial charge in [-0.05, 0) is 44.2 Å². The van der Waals surface area contributed by atoms with Gasteiger partial charge >= 0.3 is 0 Å². The largest absolute Gasteiger partial charge is 0.298 e. The molecule has 26 heavy (non-hydrogen) atoms. The van der Waals surface area contributed by atoms with Crippen LogP contribution in [0.3, 0.4) is 0 Å². The van der Waals surface area contributed by atoms with Crippen LogP contribution < -0.4 is 5.32 Å². The van der Waals surface area contributed by atoms with Crippen molar-refractivity contribution in [3.05, 3.63) is 59.6 Å². The van der Waals surface area contributed by atoms with Crippen LogP contribution in [-0.2, 0) is 9.84 Å². The number of aromatic nitrogens is 2. The highest BCUT2D eigenvalue weighted by Crippen LogP contribution is 2.24. The zero-order valence-electron chi connectivity index (χ0n) is 14.2. The number of nitrogens with zero attached hydrogens (tertiary/aromatic N) is 2. The summed E-state index contributed by atoms with van der Waals surface area (Å²) in [4.78, 5) is 21.2. The van der Waals surface area contributed by atoms with Crippen molar-refractivity contribution in [3.63, 3.8) is 0 Å². The number of sulfone groups is 1. The molecule has 0 unspecified atom stereocenters. The summed E-state index contributed by atoms with van der Waals surface area (Å²) in [6.07, 6.45) is 1.67. The second-order valence-corrected chi connectivity index (χ2v) is 9.19. The average Bonchev–Trinajstić information content (AvgIpc) is 3.11. The van der Waals surface area contributed by atoms with Gasteiger partial charge < -0.3 is 0 Å². The number of nitrogens with one attached hydrogen (secondary N) is 1. The molecule has 1 N–H and O–H groups in total. The van der Waals surface area contributed by atoms with Crippen LogP contribution >= 0.6 is 11.3 Å². The molecule has 0 saturated heterocycles. The van der Waals surface area contributed by atoms with E-state index in [4.69, 9.17) is 0 Å².